The molecule has 1 amide bonds. The lowest BCUT2D eigenvalue weighted by Crippen LogP contribution is -2.57. The lowest BCUT2D eigenvalue weighted by Gasteiger charge is -2.35. The van der Waals surface area contributed by atoms with Crippen LogP contribution in [0.1, 0.15) is 25.2 Å². The van der Waals surface area contributed by atoms with Crippen LogP contribution < -0.4 is 10.0 Å². The summed E-state index contributed by atoms with van der Waals surface area (Å²) in [5.41, 5.74) is 0.970. The zero-order valence-electron chi connectivity index (χ0n) is 14.3. The van der Waals surface area contributed by atoms with Gasteiger partial charge in [-0.25, -0.2) is 8.42 Å². The van der Waals surface area contributed by atoms with Gasteiger partial charge < -0.3 is 10.2 Å². The van der Waals surface area contributed by atoms with Crippen LogP contribution in [0.4, 0.5) is 0 Å². The minimum absolute atomic E-state index is 0.0464. The van der Waals surface area contributed by atoms with Gasteiger partial charge in [-0.3, -0.25) is 9.48 Å². The van der Waals surface area contributed by atoms with E-state index in [1.807, 2.05) is 6.92 Å². The third kappa shape index (κ3) is 3.56. The fourth-order valence-electron chi connectivity index (χ4n) is 2.90. The molecule has 0 spiro atoms. The average molecular weight is 343 g/mol. The largest absolute Gasteiger partial charge is 0.336 e. The monoisotopic (exact) mass is 343 g/mol. The maximum atomic E-state index is 12.6. The standard InChI is InChI=1S/C14H25N5O3S/c1-9-8-15-6-7-19(9)14(20)11(3)17-23(21,22)13-10(2)16-18(5)12(13)4/h9,11,15,17H,6-8H2,1-5H3/t9-,11?/m0/s1. The predicted octanol–water partition coefficient (Wildman–Crippen LogP) is -0.476. The SMILES string of the molecule is Cc1nn(C)c(C)c1S(=O)(=O)NC(C)C(=O)N1CCNC[C@@H]1C. The summed E-state index contributed by atoms with van der Waals surface area (Å²) in [6.07, 6.45) is 0. The number of sulfonamides is 1. The number of aromatic nitrogens is 2. The van der Waals surface area contributed by atoms with Crippen LogP contribution in [0, 0.1) is 13.8 Å². The highest BCUT2D eigenvalue weighted by molar-refractivity contribution is 7.89. The molecule has 8 nitrogen and oxygen atoms in total. The van der Waals surface area contributed by atoms with E-state index >= 15 is 0 Å². The maximum absolute atomic E-state index is 12.6. The molecule has 1 aromatic heterocycles. The summed E-state index contributed by atoms with van der Waals surface area (Å²) in [6, 6.07) is -0.773. The summed E-state index contributed by atoms with van der Waals surface area (Å²) in [7, 11) is -2.10. The highest BCUT2D eigenvalue weighted by atomic mass is 32.2. The summed E-state index contributed by atoms with van der Waals surface area (Å²) in [4.78, 5) is 14.4. The maximum Gasteiger partial charge on any atom is 0.244 e. The van der Waals surface area contributed by atoms with Gasteiger partial charge in [0.25, 0.3) is 0 Å². The van der Waals surface area contributed by atoms with Gasteiger partial charge in [0.15, 0.2) is 0 Å². The molecule has 0 radical (unpaired) electrons. The van der Waals surface area contributed by atoms with Gasteiger partial charge in [0.1, 0.15) is 4.90 Å². The van der Waals surface area contributed by atoms with E-state index in [2.05, 4.69) is 15.1 Å². The molecule has 2 N–H and O–H groups in total. The van der Waals surface area contributed by atoms with Crippen molar-refractivity contribution in [2.45, 2.75) is 44.7 Å². The van der Waals surface area contributed by atoms with Crippen LogP contribution in [0.5, 0.6) is 0 Å². The van der Waals surface area contributed by atoms with Crippen molar-refractivity contribution < 1.29 is 13.2 Å². The number of nitrogens with one attached hydrogen (secondary N) is 2. The minimum atomic E-state index is -3.80. The summed E-state index contributed by atoms with van der Waals surface area (Å²) >= 11 is 0. The Balaban J connectivity index is 2.18. The highest BCUT2D eigenvalue weighted by Crippen LogP contribution is 2.19. The molecule has 23 heavy (non-hydrogen) atoms. The van der Waals surface area contributed by atoms with Crippen LogP contribution >= 0.6 is 0 Å². The van der Waals surface area contributed by atoms with Gasteiger partial charge in [-0.1, -0.05) is 0 Å². The first-order valence-corrected chi connectivity index (χ1v) is 9.17. The summed E-state index contributed by atoms with van der Waals surface area (Å²) in [5.74, 6) is -0.207. The number of aryl methyl sites for hydroxylation is 2. The van der Waals surface area contributed by atoms with Gasteiger partial charge in [-0.2, -0.15) is 9.82 Å². The van der Waals surface area contributed by atoms with Crippen molar-refractivity contribution in [3.05, 3.63) is 11.4 Å². The Morgan fingerprint density at radius 2 is 2.09 bits per heavy atom. The Labute approximate surface area is 137 Å². The van der Waals surface area contributed by atoms with Crippen LogP contribution in [0.25, 0.3) is 0 Å². The van der Waals surface area contributed by atoms with E-state index in [4.69, 9.17) is 0 Å². The van der Waals surface area contributed by atoms with E-state index in [-0.39, 0.29) is 16.8 Å². The molecule has 0 aliphatic carbocycles. The van der Waals surface area contributed by atoms with Crippen LogP contribution in [0.2, 0.25) is 0 Å². The Morgan fingerprint density at radius 1 is 1.43 bits per heavy atom. The van der Waals surface area contributed by atoms with Crippen LogP contribution in [0.3, 0.4) is 0 Å². The van der Waals surface area contributed by atoms with Crippen molar-refractivity contribution in [1.82, 2.24) is 24.7 Å². The van der Waals surface area contributed by atoms with E-state index in [0.29, 0.717) is 24.5 Å². The molecule has 2 atom stereocenters. The Morgan fingerprint density at radius 3 is 2.61 bits per heavy atom. The summed E-state index contributed by atoms with van der Waals surface area (Å²) < 4.78 is 29.3. The van der Waals surface area contributed by atoms with E-state index in [1.165, 1.54) is 4.68 Å². The molecule has 2 heterocycles. The molecule has 130 valence electrons. The third-order valence-electron chi connectivity index (χ3n) is 4.20. The van der Waals surface area contributed by atoms with Crippen molar-refractivity contribution in [1.29, 1.82) is 0 Å². The van der Waals surface area contributed by atoms with Gasteiger partial charge in [-0.15, -0.1) is 0 Å². The number of hydrogen-bond acceptors (Lipinski definition) is 5. The second-order valence-electron chi connectivity index (χ2n) is 6.05. The van der Waals surface area contributed by atoms with Crippen molar-refractivity contribution in [3.8, 4) is 0 Å². The van der Waals surface area contributed by atoms with E-state index in [1.54, 1.807) is 32.7 Å². The summed E-state index contributed by atoms with van der Waals surface area (Å²) in [5, 5.41) is 7.33. The molecule has 1 aliphatic heterocycles. The minimum Gasteiger partial charge on any atom is -0.336 e. The molecular weight excluding hydrogens is 318 g/mol. The lowest BCUT2D eigenvalue weighted by molar-refractivity contribution is -0.135. The molecule has 1 saturated heterocycles. The quantitative estimate of drug-likeness (QED) is 0.770. The van der Waals surface area contributed by atoms with Crippen molar-refractivity contribution in [3.63, 3.8) is 0 Å². The topological polar surface area (TPSA) is 96.3 Å². The van der Waals surface area contributed by atoms with Crippen molar-refractivity contribution in [2.24, 2.45) is 7.05 Å². The number of hydrogen-bond donors (Lipinski definition) is 2. The molecule has 0 aromatic carbocycles. The number of nitrogens with zero attached hydrogens (tertiary/aromatic N) is 3. The Kier molecular flexibility index (Phi) is 5.12. The fourth-order valence-corrected chi connectivity index (χ4v) is 4.54. The molecule has 0 bridgehead atoms. The number of rotatable bonds is 4. The van der Waals surface area contributed by atoms with E-state index in [9.17, 15) is 13.2 Å². The van der Waals surface area contributed by atoms with Crippen LogP contribution in [-0.2, 0) is 21.9 Å². The zero-order chi connectivity index (χ0) is 17.4. The smallest absolute Gasteiger partial charge is 0.244 e. The number of carbonyl (C=O) groups excluding carboxylic acids is 1. The highest BCUT2D eigenvalue weighted by Gasteiger charge is 2.31. The molecule has 1 aromatic rings. The third-order valence-corrected chi connectivity index (χ3v) is 5.99. The average Bonchev–Trinajstić information content (AvgIpc) is 2.71. The lowest BCUT2D eigenvalue weighted by atomic mass is 10.2. The van der Waals surface area contributed by atoms with Gasteiger partial charge in [0.2, 0.25) is 15.9 Å². The van der Waals surface area contributed by atoms with Crippen molar-refractivity contribution >= 4 is 15.9 Å². The Bertz CT molecular complexity index is 698. The van der Waals surface area contributed by atoms with Crippen LogP contribution in [0.15, 0.2) is 4.90 Å². The molecular formula is C14H25N5O3S. The van der Waals surface area contributed by atoms with Crippen LogP contribution in [-0.4, -0.2) is 60.7 Å². The zero-order valence-corrected chi connectivity index (χ0v) is 15.1. The van der Waals surface area contributed by atoms with Gasteiger partial charge in [-0.05, 0) is 27.7 Å². The summed E-state index contributed by atoms with van der Waals surface area (Å²) in [6.45, 7) is 8.88. The molecule has 2 rings (SSSR count). The van der Waals surface area contributed by atoms with Crippen molar-refractivity contribution in [2.75, 3.05) is 19.6 Å². The second kappa shape index (κ2) is 6.58. The first kappa shape index (κ1) is 17.9. The number of amides is 1. The first-order chi connectivity index (χ1) is 10.6. The van der Waals surface area contributed by atoms with E-state index in [0.717, 1.165) is 6.54 Å². The Hall–Kier alpha value is -1.45. The van der Waals surface area contributed by atoms with E-state index < -0.39 is 16.1 Å². The molecule has 9 heteroatoms. The number of carbonyl (C=O) groups is 1. The predicted molar refractivity (Wildman–Crippen MR) is 86.5 cm³/mol. The van der Waals surface area contributed by atoms with Gasteiger partial charge >= 0.3 is 0 Å². The molecule has 0 saturated carbocycles. The first-order valence-electron chi connectivity index (χ1n) is 7.69. The van der Waals surface area contributed by atoms with Gasteiger partial charge in [0.05, 0.1) is 17.4 Å². The molecule has 1 unspecified atom stereocenters. The second-order valence-corrected chi connectivity index (χ2v) is 7.70. The number of piperazine rings is 1. The molecule has 1 aliphatic rings. The fraction of sp³-hybridized carbons (Fsp3) is 0.714. The normalized spacial score (nSPS) is 20.6. The van der Waals surface area contributed by atoms with Gasteiger partial charge in [0, 0.05) is 32.7 Å². The molecule has 1 fully saturated rings.